The van der Waals surface area contributed by atoms with Gasteiger partial charge in [0.05, 0.1) is 18.6 Å². The molecule has 2 unspecified atom stereocenters. The third-order valence-electron chi connectivity index (χ3n) is 3.02. The Labute approximate surface area is 122 Å². The molecule has 6 heteroatoms. The monoisotopic (exact) mass is 302 g/mol. The zero-order valence-electron chi connectivity index (χ0n) is 12.1. The van der Waals surface area contributed by atoms with Gasteiger partial charge in [0, 0.05) is 5.56 Å². The molecule has 1 aromatic carbocycles. The minimum atomic E-state index is -2.99. The van der Waals surface area contributed by atoms with E-state index in [2.05, 4.69) is 4.74 Å². The standard InChI is InChI=1S/C15H20F2O4/c1-3-7-11(14(19)20-4-2)13(18)10-8-5-6-9-12(10)21-15(16)17/h5-6,8-9,11,13,15,18H,3-4,7H2,1-2H3. The Balaban J connectivity index is 3.02. The first kappa shape index (κ1) is 17.4. The second-order valence-corrected chi connectivity index (χ2v) is 4.51. The van der Waals surface area contributed by atoms with Gasteiger partial charge in [-0.3, -0.25) is 4.79 Å². The van der Waals surface area contributed by atoms with E-state index < -0.39 is 24.6 Å². The summed E-state index contributed by atoms with van der Waals surface area (Å²) in [6.45, 7) is 0.730. The summed E-state index contributed by atoms with van der Waals surface area (Å²) < 4.78 is 34.1. The van der Waals surface area contributed by atoms with Crippen LogP contribution in [0, 0.1) is 5.92 Å². The molecule has 118 valence electrons. The van der Waals surface area contributed by atoms with Gasteiger partial charge in [0.2, 0.25) is 0 Å². The van der Waals surface area contributed by atoms with E-state index in [1.165, 1.54) is 18.2 Å². The number of esters is 1. The van der Waals surface area contributed by atoms with Gasteiger partial charge in [-0.2, -0.15) is 8.78 Å². The molecular formula is C15H20F2O4. The van der Waals surface area contributed by atoms with Crippen molar-refractivity contribution in [2.75, 3.05) is 6.61 Å². The first-order valence-electron chi connectivity index (χ1n) is 6.89. The van der Waals surface area contributed by atoms with Gasteiger partial charge in [-0.1, -0.05) is 31.5 Å². The lowest BCUT2D eigenvalue weighted by Gasteiger charge is -2.23. The molecule has 0 amide bonds. The average molecular weight is 302 g/mol. The van der Waals surface area contributed by atoms with Crippen molar-refractivity contribution in [2.45, 2.75) is 39.4 Å². The molecular weight excluding hydrogens is 282 g/mol. The van der Waals surface area contributed by atoms with Crippen LogP contribution in [0.4, 0.5) is 8.78 Å². The molecule has 0 saturated heterocycles. The average Bonchev–Trinajstić information content (AvgIpc) is 2.44. The summed E-state index contributed by atoms with van der Waals surface area (Å²) in [6.07, 6.45) is -0.208. The van der Waals surface area contributed by atoms with Crippen molar-refractivity contribution in [3.05, 3.63) is 29.8 Å². The molecule has 0 spiro atoms. The fourth-order valence-corrected chi connectivity index (χ4v) is 2.11. The summed E-state index contributed by atoms with van der Waals surface area (Å²) in [5.74, 6) is -1.48. The highest BCUT2D eigenvalue weighted by Crippen LogP contribution is 2.33. The number of aliphatic hydroxyl groups is 1. The number of hydrogen-bond donors (Lipinski definition) is 1. The lowest BCUT2D eigenvalue weighted by molar-refractivity contribution is -0.152. The maximum atomic E-state index is 12.4. The highest BCUT2D eigenvalue weighted by atomic mass is 19.3. The second kappa shape index (κ2) is 8.56. The Bertz CT molecular complexity index is 451. The van der Waals surface area contributed by atoms with Crippen LogP contribution in [0.2, 0.25) is 0 Å². The van der Waals surface area contributed by atoms with Crippen LogP contribution >= 0.6 is 0 Å². The number of benzene rings is 1. The minimum Gasteiger partial charge on any atom is -0.466 e. The Kier molecular flexibility index (Phi) is 7.08. The van der Waals surface area contributed by atoms with E-state index in [1.54, 1.807) is 13.0 Å². The van der Waals surface area contributed by atoms with Crippen LogP contribution in [0.1, 0.15) is 38.4 Å². The fraction of sp³-hybridized carbons (Fsp3) is 0.533. The van der Waals surface area contributed by atoms with E-state index in [-0.39, 0.29) is 17.9 Å². The van der Waals surface area contributed by atoms with E-state index in [1.807, 2.05) is 6.92 Å². The zero-order chi connectivity index (χ0) is 15.8. The topological polar surface area (TPSA) is 55.8 Å². The predicted octanol–water partition coefficient (Wildman–Crippen LogP) is 3.30. The molecule has 0 fully saturated rings. The molecule has 0 saturated carbocycles. The van der Waals surface area contributed by atoms with E-state index in [4.69, 9.17) is 4.74 Å². The Hall–Kier alpha value is -1.69. The zero-order valence-corrected chi connectivity index (χ0v) is 12.1. The number of rotatable bonds is 8. The number of ether oxygens (including phenoxy) is 2. The van der Waals surface area contributed by atoms with Crippen molar-refractivity contribution in [2.24, 2.45) is 5.92 Å². The van der Waals surface area contributed by atoms with Gasteiger partial charge in [0.15, 0.2) is 0 Å². The molecule has 0 radical (unpaired) electrons. The molecule has 0 bridgehead atoms. The van der Waals surface area contributed by atoms with Crippen LogP contribution in [0.15, 0.2) is 24.3 Å². The number of aliphatic hydroxyl groups excluding tert-OH is 1. The lowest BCUT2D eigenvalue weighted by Crippen LogP contribution is -2.25. The highest BCUT2D eigenvalue weighted by molar-refractivity contribution is 5.73. The highest BCUT2D eigenvalue weighted by Gasteiger charge is 2.30. The molecule has 0 heterocycles. The van der Waals surface area contributed by atoms with Gasteiger partial charge in [0.25, 0.3) is 0 Å². The first-order chi connectivity index (χ1) is 10.0. The van der Waals surface area contributed by atoms with Crippen molar-refractivity contribution in [1.29, 1.82) is 0 Å². The molecule has 0 aliphatic rings. The normalized spacial score (nSPS) is 13.8. The fourth-order valence-electron chi connectivity index (χ4n) is 2.11. The second-order valence-electron chi connectivity index (χ2n) is 4.51. The summed E-state index contributed by atoms with van der Waals surface area (Å²) in [5.41, 5.74) is 0.157. The van der Waals surface area contributed by atoms with E-state index in [0.29, 0.717) is 12.8 Å². The van der Waals surface area contributed by atoms with Crippen molar-refractivity contribution in [3.63, 3.8) is 0 Å². The Morgan fingerprint density at radius 2 is 1.95 bits per heavy atom. The molecule has 0 aliphatic carbocycles. The van der Waals surface area contributed by atoms with Gasteiger partial charge in [0.1, 0.15) is 5.75 Å². The van der Waals surface area contributed by atoms with Gasteiger partial charge >= 0.3 is 12.6 Å². The molecule has 1 rings (SSSR count). The first-order valence-corrected chi connectivity index (χ1v) is 6.89. The summed E-state index contributed by atoms with van der Waals surface area (Å²) in [5, 5.41) is 10.4. The van der Waals surface area contributed by atoms with E-state index in [9.17, 15) is 18.7 Å². The number of carbonyl (C=O) groups excluding carboxylic acids is 1. The Morgan fingerprint density at radius 3 is 2.52 bits per heavy atom. The van der Waals surface area contributed by atoms with Gasteiger partial charge in [-0.05, 0) is 19.4 Å². The molecule has 21 heavy (non-hydrogen) atoms. The SMILES string of the molecule is CCCC(C(=O)OCC)C(O)c1ccccc1OC(F)F. The molecule has 0 aromatic heterocycles. The van der Waals surface area contributed by atoms with Gasteiger partial charge in [-0.25, -0.2) is 0 Å². The van der Waals surface area contributed by atoms with Crippen LogP contribution in [0.25, 0.3) is 0 Å². The van der Waals surface area contributed by atoms with Gasteiger partial charge in [-0.15, -0.1) is 0 Å². The van der Waals surface area contributed by atoms with Crippen molar-refractivity contribution in [3.8, 4) is 5.75 Å². The van der Waals surface area contributed by atoms with Crippen molar-refractivity contribution < 1.29 is 28.2 Å². The third-order valence-corrected chi connectivity index (χ3v) is 3.02. The number of halogens is 2. The smallest absolute Gasteiger partial charge is 0.387 e. The molecule has 1 N–H and O–H groups in total. The molecule has 0 aliphatic heterocycles. The quantitative estimate of drug-likeness (QED) is 0.749. The number of para-hydroxylation sites is 1. The number of alkyl halides is 2. The van der Waals surface area contributed by atoms with Crippen molar-refractivity contribution in [1.82, 2.24) is 0 Å². The third kappa shape index (κ3) is 4.97. The molecule has 2 atom stereocenters. The van der Waals surface area contributed by atoms with E-state index >= 15 is 0 Å². The number of hydrogen-bond acceptors (Lipinski definition) is 4. The largest absolute Gasteiger partial charge is 0.466 e. The van der Waals surface area contributed by atoms with Gasteiger partial charge < -0.3 is 14.6 Å². The van der Waals surface area contributed by atoms with Crippen LogP contribution in [0.3, 0.4) is 0 Å². The maximum Gasteiger partial charge on any atom is 0.387 e. The summed E-state index contributed by atoms with van der Waals surface area (Å²) in [7, 11) is 0. The number of carbonyl (C=O) groups is 1. The van der Waals surface area contributed by atoms with Crippen LogP contribution < -0.4 is 4.74 Å². The van der Waals surface area contributed by atoms with Crippen LogP contribution in [0.5, 0.6) is 5.75 Å². The Morgan fingerprint density at radius 1 is 1.29 bits per heavy atom. The summed E-state index contributed by atoms with van der Waals surface area (Å²) in [4.78, 5) is 11.9. The maximum absolute atomic E-state index is 12.4. The van der Waals surface area contributed by atoms with Crippen LogP contribution in [-0.4, -0.2) is 24.3 Å². The summed E-state index contributed by atoms with van der Waals surface area (Å²) in [6, 6.07) is 5.90. The van der Waals surface area contributed by atoms with Crippen molar-refractivity contribution >= 4 is 5.97 Å². The molecule has 1 aromatic rings. The van der Waals surface area contributed by atoms with Crippen LogP contribution in [-0.2, 0) is 9.53 Å². The predicted molar refractivity (Wildman–Crippen MR) is 73.1 cm³/mol. The molecule has 4 nitrogen and oxygen atoms in total. The van der Waals surface area contributed by atoms with E-state index in [0.717, 1.165) is 0 Å². The lowest BCUT2D eigenvalue weighted by atomic mass is 9.91. The summed E-state index contributed by atoms with van der Waals surface area (Å²) >= 11 is 0. The minimum absolute atomic E-state index is 0.134.